The Morgan fingerprint density at radius 1 is 1.26 bits per heavy atom. The molecule has 19 heavy (non-hydrogen) atoms. The van der Waals surface area contributed by atoms with Crippen molar-refractivity contribution in [3.8, 4) is 0 Å². The zero-order valence-electron chi connectivity index (χ0n) is 10.5. The Labute approximate surface area is 115 Å². The smallest absolute Gasteiger partial charge is 0.135 e. The molecule has 0 atom stereocenters. The van der Waals surface area contributed by atoms with E-state index in [0.29, 0.717) is 22.6 Å². The first-order valence-electron chi connectivity index (χ1n) is 6.19. The molecule has 5 heteroatoms. The number of rotatable bonds is 3. The second-order valence-corrected chi connectivity index (χ2v) is 5.18. The van der Waals surface area contributed by atoms with E-state index >= 15 is 0 Å². The molecular weight excluding hydrogens is 265 g/mol. The average molecular weight is 278 g/mol. The third kappa shape index (κ3) is 2.84. The summed E-state index contributed by atoms with van der Waals surface area (Å²) in [6.07, 6.45) is 2.22. The molecule has 1 aliphatic carbocycles. The fraction of sp³-hybridized carbons (Fsp3) is 0.286. The van der Waals surface area contributed by atoms with Crippen LogP contribution in [0.5, 0.6) is 0 Å². The number of aryl methyl sites for hydroxylation is 1. The Morgan fingerprint density at radius 3 is 2.79 bits per heavy atom. The molecule has 1 fully saturated rings. The summed E-state index contributed by atoms with van der Waals surface area (Å²) < 4.78 is 13.2. The third-order valence-corrected chi connectivity index (χ3v) is 3.31. The molecule has 1 N–H and O–H groups in total. The van der Waals surface area contributed by atoms with E-state index in [1.807, 2.05) is 6.92 Å². The van der Waals surface area contributed by atoms with Gasteiger partial charge in [0.2, 0.25) is 0 Å². The van der Waals surface area contributed by atoms with Gasteiger partial charge in [0.05, 0.1) is 0 Å². The predicted octanol–water partition coefficient (Wildman–Crippen LogP) is 4.20. The van der Waals surface area contributed by atoms with Gasteiger partial charge >= 0.3 is 0 Å². The summed E-state index contributed by atoms with van der Waals surface area (Å²) in [5.74, 6) is 1.52. The van der Waals surface area contributed by atoms with E-state index < -0.39 is 0 Å². The van der Waals surface area contributed by atoms with E-state index in [1.165, 1.54) is 12.1 Å². The van der Waals surface area contributed by atoms with Crippen molar-refractivity contribution < 1.29 is 4.39 Å². The fourth-order valence-corrected chi connectivity index (χ4v) is 2.08. The van der Waals surface area contributed by atoms with Crippen molar-refractivity contribution >= 4 is 23.1 Å². The number of hydrogen-bond donors (Lipinski definition) is 1. The van der Waals surface area contributed by atoms with Crippen LogP contribution in [0, 0.1) is 12.7 Å². The summed E-state index contributed by atoms with van der Waals surface area (Å²) in [7, 11) is 0. The molecule has 0 radical (unpaired) electrons. The highest BCUT2D eigenvalue weighted by Gasteiger charge is 2.27. The van der Waals surface area contributed by atoms with Gasteiger partial charge in [-0.3, -0.25) is 0 Å². The highest BCUT2D eigenvalue weighted by molar-refractivity contribution is 6.29. The van der Waals surface area contributed by atoms with Gasteiger partial charge in [-0.15, -0.1) is 0 Å². The molecule has 0 bridgehead atoms. The van der Waals surface area contributed by atoms with E-state index in [9.17, 15) is 4.39 Å². The number of aromatic nitrogens is 2. The quantitative estimate of drug-likeness (QED) is 0.855. The molecule has 3 nitrogen and oxygen atoms in total. The standard InChI is InChI=1S/C14H13ClFN3/c1-8-2-5-10(16)6-11(8)17-13-7-12(15)18-14(19-13)9-3-4-9/h2,5-7,9H,3-4H2,1H3,(H,17,18,19). The van der Waals surface area contributed by atoms with E-state index in [1.54, 1.807) is 12.1 Å². The van der Waals surface area contributed by atoms with Crippen LogP contribution in [0.25, 0.3) is 0 Å². The van der Waals surface area contributed by atoms with Crippen molar-refractivity contribution in [3.05, 3.63) is 46.6 Å². The average Bonchev–Trinajstić information content (AvgIpc) is 3.17. The van der Waals surface area contributed by atoms with Gasteiger partial charge < -0.3 is 5.32 Å². The lowest BCUT2D eigenvalue weighted by Crippen LogP contribution is -2.01. The van der Waals surface area contributed by atoms with Gasteiger partial charge in [-0.1, -0.05) is 17.7 Å². The van der Waals surface area contributed by atoms with Crippen LogP contribution in [0.4, 0.5) is 15.9 Å². The van der Waals surface area contributed by atoms with E-state index in [4.69, 9.17) is 11.6 Å². The maximum Gasteiger partial charge on any atom is 0.135 e. The van der Waals surface area contributed by atoms with E-state index in [-0.39, 0.29) is 5.82 Å². The predicted molar refractivity (Wildman–Crippen MR) is 73.4 cm³/mol. The number of halogens is 2. The zero-order valence-corrected chi connectivity index (χ0v) is 11.2. The lowest BCUT2D eigenvalue weighted by molar-refractivity contribution is 0.628. The zero-order chi connectivity index (χ0) is 13.4. The Balaban J connectivity index is 1.92. The van der Waals surface area contributed by atoms with Crippen molar-refractivity contribution in [3.63, 3.8) is 0 Å². The van der Waals surface area contributed by atoms with E-state index in [0.717, 1.165) is 24.2 Å². The van der Waals surface area contributed by atoms with Crippen LogP contribution in [0.1, 0.15) is 30.1 Å². The summed E-state index contributed by atoms with van der Waals surface area (Å²) in [4.78, 5) is 8.65. The highest BCUT2D eigenvalue weighted by atomic mass is 35.5. The van der Waals surface area contributed by atoms with Gasteiger partial charge in [-0.25, -0.2) is 14.4 Å². The van der Waals surface area contributed by atoms with Gasteiger partial charge in [0.25, 0.3) is 0 Å². The van der Waals surface area contributed by atoms with Crippen molar-refractivity contribution in [1.82, 2.24) is 9.97 Å². The van der Waals surface area contributed by atoms with Crippen LogP contribution in [0.15, 0.2) is 24.3 Å². The molecule has 2 aromatic rings. The van der Waals surface area contributed by atoms with Gasteiger partial charge in [0.1, 0.15) is 22.6 Å². The summed E-state index contributed by atoms with van der Waals surface area (Å²) in [6, 6.07) is 6.26. The minimum atomic E-state index is -0.282. The summed E-state index contributed by atoms with van der Waals surface area (Å²) in [6.45, 7) is 1.91. The Hall–Kier alpha value is -1.68. The van der Waals surface area contributed by atoms with Crippen molar-refractivity contribution in [1.29, 1.82) is 0 Å². The van der Waals surface area contributed by atoms with Crippen molar-refractivity contribution in [2.24, 2.45) is 0 Å². The molecule has 1 saturated carbocycles. The molecule has 1 aromatic heterocycles. The lowest BCUT2D eigenvalue weighted by atomic mass is 10.2. The number of nitrogens with zero attached hydrogens (tertiary/aromatic N) is 2. The number of nitrogens with one attached hydrogen (secondary N) is 1. The second-order valence-electron chi connectivity index (χ2n) is 4.79. The van der Waals surface area contributed by atoms with Crippen molar-refractivity contribution in [2.75, 3.05) is 5.32 Å². The summed E-state index contributed by atoms with van der Waals surface area (Å²) in [5, 5.41) is 3.51. The summed E-state index contributed by atoms with van der Waals surface area (Å²) >= 11 is 5.99. The molecular formula is C14H13ClFN3. The van der Waals surface area contributed by atoms with Gasteiger partial charge in [0, 0.05) is 17.7 Å². The lowest BCUT2D eigenvalue weighted by Gasteiger charge is -2.10. The normalized spacial score (nSPS) is 14.5. The molecule has 3 rings (SSSR count). The number of hydrogen-bond acceptors (Lipinski definition) is 3. The second kappa shape index (κ2) is 4.78. The molecule has 1 aliphatic rings. The molecule has 0 aliphatic heterocycles. The Morgan fingerprint density at radius 2 is 2.05 bits per heavy atom. The first kappa shape index (κ1) is 12.4. The molecule has 1 heterocycles. The molecule has 0 amide bonds. The molecule has 0 unspecified atom stereocenters. The monoisotopic (exact) mass is 277 g/mol. The largest absolute Gasteiger partial charge is 0.340 e. The maximum absolute atomic E-state index is 13.2. The topological polar surface area (TPSA) is 37.8 Å². The Bertz CT molecular complexity index is 626. The van der Waals surface area contributed by atoms with Crippen LogP contribution in [-0.2, 0) is 0 Å². The minimum Gasteiger partial charge on any atom is -0.340 e. The van der Waals surface area contributed by atoms with Crippen LogP contribution < -0.4 is 5.32 Å². The molecule has 98 valence electrons. The van der Waals surface area contributed by atoms with Crippen LogP contribution >= 0.6 is 11.6 Å². The van der Waals surface area contributed by atoms with Crippen LogP contribution in [-0.4, -0.2) is 9.97 Å². The third-order valence-electron chi connectivity index (χ3n) is 3.12. The molecule has 0 saturated heterocycles. The van der Waals surface area contributed by atoms with Crippen LogP contribution in [0.2, 0.25) is 5.15 Å². The number of anilines is 2. The van der Waals surface area contributed by atoms with E-state index in [2.05, 4.69) is 15.3 Å². The number of benzene rings is 1. The van der Waals surface area contributed by atoms with Gasteiger partial charge in [-0.05, 0) is 37.5 Å². The fourth-order valence-electron chi connectivity index (χ4n) is 1.89. The van der Waals surface area contributed by atoms with Crippen LogP contribution in [0.3, 0.4) is 0 Å². The van der Waals surface area contributed by atoms with Gasteiger partial charge in [-0.2, -0.15) is 0 Å². The summed E-state index contributed by atoms with van der Waals surface area (Å²) in [5.41, 5.74) is 1.64. The van der Waals surface area contributed by atoms with Gasteiger partial charge in [0.15, 0.2) is 0 Å². The first-order valence-corrected chi connectivity index (χ1v) is 6.57. The first-order chi connectivity index (χ1) is 9.11. The Kier molecular flexibility index (Phi) is 3.11. The highest BCUT2D eigenvalue weighted by Crippen LogP contribution is 2.39. The maximum atomic E-state index is 13.2. The molecule has 1 aromatic carbocycles. The molecule has 0 spiro atoms. The van der Waals surface area contributed by atoms with Crippen molar-refractivity contribution in [2.45, 2.75) is 25.7 Å². The SMILES string of the molecule is Cc1ccc(F)cc1Nc1cc(Cl)nc(C2CC2)n1. The minimum absolute atomic E-state index is 0.282.